The minimum absolute atomic E-state index is 0.0378. The number of carbonyl (C=O) groups is 1. The van der Waals surface area contributed by atoms with Crippen LogP contribution in [-0.4, -0.2) is 16.0 Å². The second kappa shape index (κ2) is 3.53. The van der Waals surface area contributed by atoms with Gasteiger partial charge >= 0.3 is 5.97 Å². The predicted molar refractivity (Wildman–Crippen MR) is 41.3 cm³/mol. The van der Waals surface area contributed by atoms with Crippen LogP contribution in [0.5, 0.6) is 0 Å². The fourth-order valence-electron chi connectivity index (χ4n) is 0.761. The Bertz CT molecular complexity index is 351. The Kier molecular flexibility index (Phi) is 2.44. The summed E-state index contributed by atoms with van der Waals surface area (Å²) in [5, 5.41) is 18.6. The first-order chi connectivity index (χ1) is 6.11. The summed E-state index contributed by atoms with van der Waals surface area (Å²) in [6.07, 6.45) is 1.63. The predicted octanol–water partition coefficient (Wildman–Crippen LogP) is 0.982. The molecule has 1 N–H and O–H groups in total. The number of furan rings is 1. The lowest BCUT2D eigenvalue weighted by molar-refractivity contribution is -0.401. The minimum Gasteiger partial charge on any atom is -0.477 e. The lowest BCUT2D eigenvalue weighted by atomic mass is 10.2. The number of rotatable bonds is 3. The van der Waals surface area contributed by atoms with E-state index >= 15 is 0 Å². The van der Waals surface area contributed by atoms with Gasteiger partial charge in [0.15, 0.2) is 5.57 Å². The Labute approximate surface area is 72.2 Å². The molecule has 0 spiro atoms. The van der Waals surface area contributed by atoms with Crippen molar-refractivity contribution in [3.63, 3.8) is 0 Å². The van der Waals surface area contributed by atoms with E-state index in [0.717, 1.165) is 0 Å². The molecule has 6 heteroatoms. The van der Waals surface area contributed by atoms with Gasteiger partial charge in [0.2, 0.25) is 0 Å². The first-order valence-corrected chi connectivity index (χ1v) is 3.23. The van der Waals surface area contributed by atoms with Crippen molar-refractivity contribution in [2.75, 3.05) is 0 Å². The first kappa shape index (κ1) is 8.98. The number of nitro groups is 1. The van der Waals surface area contributed by atoms with Crippen LogP contribution >= 0.6 is 0 Å². The smallest absolute Gasteiger partial charge is 0.345 e. The van der Waals surface area contributed by atoms with Crippen molar-refractivity contribution in [1.82, 2.24) is 0 Å². The van der Waals surface area contributed by atoms with Crippen molar-refractivity contribution in [2.24, 2.45) is 0 Å². The molecule has 0 amide bonds. The average Bonchev–Trinajstić information content (AvgIpc) is 2.50. The van der Waals surface area contributed by atoms with Gasteiger partial charge in [-0.25, -0.2) is 4.79 Å². The van der Waals surface area contributed by atoms with Crippen LogP contribution in [-0.2, 0) is 4.79 Å². The monoisotopic (exact) mass is 183 g/mol. The second-order valence-electron chi connectivity index (χ2n) is 2.11. The summed E-state index contributed by atoms with van der Waals surface area (Å²) in [6, 6.07) is 2.79. The highest BCUT2D eigenvalue weighted by Gasteiger charge is 2.17. The first-order valence-electron chi connectivity index (χ1n) is 3.23. The number of carboxylic acids is 1. The Hall–Kier alpha value is -2.11. The van der Waals surface area contributed by atoms with Crippen molar-refractivity contribution < 1.29 is 19.2 Å². The number of hydrogen-bond acceptors (Lipinski definition) is 4. The van der Waals surface area contributed by atoms with Gasteiger partial charge in [0, 0.05) is 0 Å². The van der Waals surface area contributed by atoms with Crippen LogP contribution in [0.3, 0.4) is 0 Å². The summed E-state index contributed by atoms with van der Waals surface area (Å²) in [6.45, 7) is 0. The maximum Gasteiger partial charge on any atom is 0.345 e. The second-order valence-corrected chi connectivity index (χ2v) is 2.11. The van der Waals surface area contributed by atoms with Crippen molar-refractivity contribution in [3.8, 4) is 0 Å². The van der Waals surface area contributed by atoms with Crippen LogP contribution < -0.4 is 0 Å². The topological polar surface area (TPSA) is 93.6 Å². The number of nitrogens with zero attached hydrogens (tertiary/aromatic N) is 1. The summed E-state index contributed by atoms with van der Waals surface area (Å²) < 4.78 is 4.70. The molecule has 0 aromatic carbocycles. The van der Waals surface area contributed by atoms with E-state index in [1.165, 1.54) is 18.4 Å². The number of aliphatic carboxylic acids is 1. The average molecular weight is 183 g/mol. The molecule has 1 rings (SSSR count). The molecule has 0 radical (unpaired) electrons. The molecule has 0 fully saturated rings. The van der Waals surface area contributed by atoms with Gasteiger partial charge in [-0.1, -0.05) is 0 Å². The minimum atomic E-state index is -1.40. The number of hydrogen-bond donors (Lipinski definition) is 1. The van der Waals surface area contributed by atoms with E-state index in [-0.39, 0.29) is 5.76 Å². The molecule has 68 valence electrons. The van der Waals surface area contributed by atoms with Crippen LogP contribution in [0.15, 0.2) is 29.0 Å². The molecule has 0 aliphatic heterocycles. The summed E-state index contributed by atoms with van der Waals surface area (Å²) in [7, 11) is 0. The molecule has 0 saturated heterocycles. The van der Waals surface area contributed by atoms with Gasteiger partial charge in [-0.3, -0.25) is 10.1 Å². The zero-order chi connectivity index (χ0) is 9.84. The van der Waals surface area contributed by atoms with E-state index in [1.807, 2.05) is 0 Å². The maximum absolute atomic E-state index is 10.5. The van der Waals surface area contributed by atoms with Gasteiger partial charge in [0.1, 0.15) is 5.76 Å². The highest BCUT2D eigenvalue weighted by Crippen LogP contribution is 2.14. The molecule has 0 aliphatic rings. The summed E-state index contributed by atoms with van der Waals surface area (Å²) in [5.74, 6) is -1.43. The third kappa shape index (κ3) is 2.16. The molecule has 0 atom stereocenters. The zero-order valence-electron chi connectivity index (χ0n) is 6.34. The fraction of sp³-hybridized carbons (Fsp3) is 0. The van der Waals surface area contributed by atoms with E-state index in [1.54, 1.807) is 0 Å². The molecule has 0 saturated carbocycles. The maximum atomic E-state index is 10.5. The van der Waals surface area contributed by atoms with Crippen LogP contribution in [0.25, 0.3) is 5.57 Å². The van der Waals surface area contributed by atoms with E-state index in [0.29, 0.717) is 6.20 Å². The van der Waals surface area contributed by atoms with Gasteiger partial charge in [-0.15, -0.1) is 0 Å². The van der Waals surface area contributed by atoms with E-state index < -0.39 is 16.5 Å². The fourth-order valence-corrected chi connectivity index (χ4v) is 0.761. The van der Waals surface area contributed by atoms with Gasteiger partial charge in [-0.2, -0.15) is 0 Å². The molecule has 1 aromatic heterocycles. The third-order valence-electron chi connectivity index (χ3n) is 1.25. The van der Waals surface area contributed by atoms with Gasteiger partial charge in [-0.05, 0) is 12.1 Å². The van der Waals surface area contributed by atoms with Crippen molar-refractivity contribution in [3.05, 3.63) is 40.5 Å². The molecule has 0 bridgehead atoms. The molecule has 0 unspecified atom stereocenters. The lowest BCUT2D eigenvalue weighted by Crippen LogP contribution is -2.01. The van der Waals surface area contributed by atoms with E-state index in [2.05, 4.69) is 0 Å². The molecule has 6 nitrogen and oxygen atoms in total. The zero-order valence-corrected chi connectivity index (χ0v) is 6.34. The number of carboxylic acid groups (broad SMARTS) is 1. The standard InChI is InChI=1S/C7H5NO5/c9-7(10)5(4-8(11)12)6-2-1-3-13-6/h1-4H,(H,9,10). The third-order valence-corrected chi connectivity index (χ3v) is 1.25. The Morgan fingerprint density at radius 2 is 2.38 bits per heavy atom. The highest BCUT2D eigenvalue weighted by molar-refractivity contribution is 6.13. The lowest BCUT2D eigenvalue weighted by Gasteiger charge is -1.92. The molecular weight excluding hydrogens is 178 g/mol. The molecule has 13 heavy (non-hydrogen) atoms. The molecule has 1 aromatic rings. The van der Waals surface area contributed by atoms with Crippen LogP contribution in [0.4, 0.5) is 0 Å². The van der Waals surface area contributed by atoms with Crippen LogP contribution in [0, 0.1) is 10.1 Å². The summed E-state index contributed by atoms with van der Waals surface area (Å²) in [5.41, 5.74) is -0.477. The Balaban J connectivity index is 3.08. The van der Waals surface area contributed by atoms with Crippen molar-refractivity contribution in [1.29, 1.82) is 0 Å². The highest BCUT2D eigenvalue weighted by atomic mass is 16.6. The molecule has 1 heterocycles. The van der Waals surface area contributed by atoms with Gasteiger partial charge in [0.05, 0.1) is 11.2 Å². The molecule has 0 aliphatic carbocycles. The largest absolute Gasteiger partial charge is 0.477 e. The van der Waals surface area contributed by atoms with Crippen molar-refractivity contribution >= 4 is 11.5 Å². The summed E-state index contributed by atoms with van der Waals surface area (Å²) in [4.78, 5) is 19.7. The Morgan fingerprint density at radius 1 is 1.69 bits per heavy atom. The normalized spacial score (nSPS) is 11.2. The van der Waals surface area contributed by atoms with Crippen molar-refractivity contribution in [2.45, 2.75) is 0 Å². The quantitative estimate of drug-likeness (QED) is 0.428. The van der Waals surface area contributed by atoms with Gasteiger partial charge in [0.25, 0.3) is 6.20 Å². The SMILES string of the molecule is O=C(O)C(=C[N+](=O)[O-])c1ccco1. The van der Waals surface area contributed by atoms with Gasteiger partial charge < -0.3 is 9.52 Å². The summed E-state index contributed by atoms with van der Waals surface area (Å²) >= 11 is 0. The van der Waals surface area contributed by atoms with E-state index in [4.69, 9.17) is 9.52 Å². The van der Waals surface area contributed by atoms with Crippen LogP contribution in [0.2, 0.25) is 0 Å². The van der Waals surface area contributed by atoms with Crippen LogP contribution in [0.1, 0.15) is 5.76 Å². The Morgan fingerprint density at radius 3 is 2.77 bits per heavy atom. The van der Waals surface area contributed by atoms with E-state index in [9.17, 15) is 14.9 Å². The molecular formula is C7H5NO5.